The Labute approximate surface area is 42.1 Å². The van der Waals surface area contributed by atoms with Crippen LogP contribution in [0.15, 0.2) is 29.4 Å². The molecule has 1 atom stereocenters. The number of hydrogen-bond donors (Lipinski definition) is 0. The van der Waals surface area contributed by atoms with E-state index in [-0.39, 0.29) is 0 Å². The highest BCUT2D eigenvalue weighted by molar-refractivity contribution is 6.06. The van der Waals surface area contributed by atoms with Gasteiger partial charge in [0.05, 0.1) is 5.71 Å². The van der Waals surface area contributed by atoms with Gasteiger partial charge in [-0.2, -0.15) is 0 Å². The lowest BCUT2D eigenvalue weighted by atomic mass is 9.95. The van der Waals surface area contributed by atoms with Crippen molar-refractivity contribution in [1.82, 2.24) is 0 Å². The van der Waals surface area contributed by atoms with Gasteiger partial charge in [-0.1, -0.05) is 12.2 Å². The minimum absolute atomic E-state index is 0.583. The molecule has 2 rings (SSSR count). The zero-order valence-electron chi connectivity index (χ0n) is 3.83. The summed E-state index contributed by atoms with van der Waals surface area (Å²) in [4.78, 5) is 4.05. The van der Waals surface area contributed by atoms with Gasteiger partial charge in [0.1, 0.15) is 0 Å². The highest BCUT2D eigenvalue weighted by Crippen LogP contribution is 2.20. The first-order valence-electron chi connectivity index (χ1n) is 2.39. The second-order valence-electron chi connectivity index (χ2n) is 1.78. The van der Waals surface area contributed by atoms with E-state index in [9.17, 15) is 0 Å². The molecule has 34 valence electrons. The van der Waals surface area contributed by atoms with E-state index in [0.29, 0.717) is 5.92 Å². The van der Waals surface area contributed by atoms with Crippen molar-refractivity contribution in [3.63, 3.8) is 0 Å². The minimum atomic E-state index is 0.583. The quantitative estimate of drug-likeness (QED) is 0.424. The lowest BCUT2D eigenvalue weighted by Gasteiger charge is -2.09. The van der Waals surface area contributed by atoms with Crippen molar-refractivity contribution in [3.05, 3.63) is 24.4 Å². The Kier molecular flexibility index (Phi) is 0.392. The lowest BCUT2D eigenvalue weighted by molar-refractivity contribution is 1.13. The van der Waals surface area contributed by atoms with Crippen molar-refractivity contribution in [2.24, 2.45) is 10.9 Å². The minimum Gasteiger partial charge on any atom is -0.261 e. The van der Waals surface area contributed by atoms with E-state index >= 15 is 0 Å². The molecular weight excluding hydrogens is 86.1 g/mol. The number of hydrogen-bond acceptors (Lipinski definition) is 1. The van der Waals surface area contributed by atoms with Crippen molar-refractivity contribution in [2.75, 3.05) is 0 Å². The molecule has 1 aliphatic heterocycles. The Morgan fingerprint density at radius 3 is 2.71 bits per heavy atom. The molecule has 7 heavy (non-hydrogen) atoms. The average Bonchev–Trinajstić information content (AvgIpc) is 1.85. The summed E-state index contributed by atoms with van der Waals surface area (Å²) in [5, 5.41) is 0. The fourth-order valence-corrected chi connectivity index (χ4v) is 0.807. The Hall–Kier alpha value is -0.850. The van der Waals surface area contributed by atoms with E-state index in [0.717, 1.165) is 0 Å². The highest BCUT2D eigenvalue weighted by atomic mass is 14.7. The van der Waals surface area contributed by atoms with E-state index < -0.39 is 0 Å². The summed E-state index contributed by atoms with van der Waals surface area (Å²) in [6.45, 7) is 0. The molecule has 1 aliphatic carbocycles. The van der Waals surface area contributed by atoms with Crippen LogP contribution in [0, 0.1) is 5.92 Å². The zero-order valence-corrected chi connectivity index (χ0v) is 3.83. The van der Waals surface area contributed by atoms with Crippen LogP contribution < -0.4 is 0 Å². The molecule has 2 aliphatic rings. The number of rotatable bonds is 0. The van der Waals surface area contributed by atoms with Gasteiger partial charge >= 0.3 is 0 Å². The highest BCUT2D eigenvalue weighted by Gasteiger charge is 2.17. The number of fused-ring (bicyclic) bond motifs is 1. The summed E-state index contributed by atoms with van der Waals surface area (Å²) < 4.78 is 0. The van der Waals surface area contributed by atoms with Crippen molar-refractivity contribution < 1.29 is 0 Å². The van der Waals surface area contributed by atoms with Gasteiger partial charge in [0.2, 0.25) is 0 Å². The summed E-state index contributed by atoms with van der Waals surface area (Å²) in [6.07, 6.45) is 8.14. The van der Waals surface area contributed by atoms with Crippen LogP contribution in [-0.2, 0) is 0 Å². The Morgan fingerprint density at radius 1 is 1.43 bits per heavy atom. The number of allylic oxidation sites excluding steroid dienone is 3. The van der Waals surface area contributed by atoms with Gasteiger partial charge in [-0.25, -0.2) is 0 Å². The molecule has 0 saturated heterocycles. The molecule has 0 aromatic heterocycles. The van der Waals surface area contributed by atoms with Crippen LogP contribution in [-0.4, -0.2) is 5.71 Å². The first-order valence-corrected chi connectivity index (χ1v) is 2.39. The number of aliphatic imine (C=N–C) groups is 1. The van der Waals surface area contributed by atoms with Crippen LogP contribution in [0.1, 0.15) is 0 Å². The fraction of sp³-hybridized carbons (Fsp3) is 0.167. The van der Waals surface area contributed by atoms with Gasteiger partial charge < -0.3 is 0 Å². The smallest absolute Gasteiger partial charge is 0.0508 e. The van der Waals surface area contributed by atoms with Crippen LogP contribution in [0.4, 0.5) is 0 Å². The van der Waals surface area contributed by atoms with Gasteiger partial charge in [0.15, 0.2) is 0 Å². The predicted octanol–water partition coefficient (Wildman–Crippen LogP) is 1.14. The zero-order chi connectivity index (χ0) is 4.69. The summed E-state index contributed by atoms with van der Waals surface area (Å²) in [7, 11) is 0. The molecule has 1 heterocycles. The largest absolute Gasteiger partial charge is 0.261 e. The monoisotopic (exact) mass is 91.0 g/mol. The van der Waals surface area contributed by atoms with Gasteiger partial charge in [-0.05, 0) is 6.08 Å². The van der Waals surface area contributed by atoms with Crippen molar-refractivity contribution in [2.45, 2.75) is 0 Å². The molecular formula is C6H5N. The predicted molar refractivity (Wildman–Crippen MR) is 29.2 cm³/mol. The Balaban J connectivity index is 2.51. The molecule has 0 fully saturated rings. The molecule has 0 aromatic rings. The van der Waals surface area contributed by atoms with Gasteiger partial charge in [0, 0.05) is 12.1 Å². The SMILES string of the molecule is C1=CC2C=CC2=N1. The average molecular weight is 91.1 g/mol. The third kappa shape index (κ3) is 0.255. The Morgan fingerprint density at radius 2 is 2.43 bits per heavy atom. The maximum absolute atomic E-state index is 4.05. The molecule has 0 spiro atoms. The maximum atomic E-state index is 4.05. The lowest BCUT2D eigenvalue weighted by Crippen LogP contribution is -2.11. The summed E-state index contributed by atoms with van der Waals surface area (Å²) in [6, 6.07) is 0. The standard InChI is InChI=1S/C6H5N/c1-2-6-5(1)3-4-7-6/h1-5H. The first kappa shape index (κ1) is 3.19. The molecule has 0 bridgehead atoms. The molecule has 1 unspecified atom stereocenters. The normalized spacial score (nSPS) is 32.0. The van der Waals surface area contributed by atoms with Crippen LogP contribution in [0.3, 0.4) is 0 Å². The maximum Gasteiger partial charge on any atom is 0.0508 e. The van der Waals surface area contributed by atoms with E-state index in [2.05, 4.69) is 17.1 Å². The van der Waals surface area contributed by atoms with Crippen molar-refractivity contribution >= 4 is 5.71 Å². The summed E-state index contributed by atoms with van der Waals surface area (Å²) in [5.74, 6) is 0.583. The fourth-order valence-electron chi connectivity index (χ4n) is 0.807. The molecule has 0 N–H and O–H groups in total. The molecule has 1 heteroatoms. The molecule has 0 aromatic carbocycles. The molecule has 0 amide bonds. The van der Waals surface area contributed by atoms with E-state index in [4.69, 9.17) is 0 Å². The molecule has 1 nitrogen and oxygen atoms in total. The van der Waals surface area contributed by atoms with Crippen molar-refractivity contribution in [1.29, 1.82) is 0 Å². The Bertz CT molecular complexity index is 167. The van der Waals surface area contributed by atoms with Gasteiger partial charge in [0.25, 0.3) is 0 Å². The molecule has 0 saturated carbocycles. The van der Waals surface area contributed by atoms with Crippen LogP contribution in [0.2, 0.25) is 0 Å². The van der Waals surface area contributed by atoms with Gasteiger partial charge in [-0.3, -0.25) is 4.99 Å². The second-order valence-corrected chi connectivity index (χ2v) is 1.78. The third-order valence-electron chi connectivity index (χ3n) is 1.33. The van der Waals surface area contributed by atoms with Crippen LogP contribution in [0.25, 0.3) is 0 Å². The van der Waals surface area contributed by atoms with Crippen LogP contribution >= 0.6 is 0 Å². The number of nitrogens with zero attached hydrogens (tertiary/aromatic N) is 1. The summed E-state index contributed by atoms with van der Waals surface area (Å²) >= 11 is 0. The van der Waals surface area contributed by atoms with E-state index in [1.807, 2.05) is 12.3 Å². The summed E-state index contributed by atoms with van der Waals surface area (Å²) in [5.41, 5.74) is 1.22. The molecule has 0 radical (unpaired) electrons. The first-order chi connectivity index (χ1) is 3.47. The van der Waals surface area contributed by atoms with E-state index in [1.54, 1.807) is 0 Å². The van der Waals surface area contributed by atoms with Crippen LogP contribution in [0.5, 0.6) is 0 Å². The third-order valence-corrected chi connectivity index (χ3v) is 1.33. The topological polar surface area (TPSA) is 12.4 Å². The van der Waals surface area contributed by atoms with E-state index in [1.165, 1.54) is 5.71 Å². The van der Waals surface area contributed by atoms with Crippen molar-refractivity contribution in [3.8, 4) is 0 Å². The van der Waals surface area contributed by atoms with Gasteiger partial charge in [-0.15, -0.1) is 0 Å². The second kappa shape index (κ2) is 0.861.